The summed E-state index contributed by atoms with van der Waals surface area (Å²) in [4.78, 5) is 14.6. The fraction of sp³-hybridized carbons (Fsp3) is 0.333. The van der Waals surface area contributed by atoms with Crippen molar-refractivity contribution >= 4 is 33.0 Å². The maximum absolute atomic E-state index is 10.6. The number of hydrogen-bond acceptors (Lipinski definition) is 3. The third-order valence-electron chi connectivity index (χ3n) is 0.926. The number of thiazole rings is 1. The molecule has 1 heterocycles. The van der Waals surface area contributed by atoms with E-state index >= 15 is 0 Å². The Labute approximate surface area is 71.4 Å². The van der Waals surface area contributed by atoms with E-state index in [-0.39, 0.29) is 5.78 Å². The van der Waals surface area contributed by atoms with Crippen LogP contribution in [0.5, 0.6) is 0 Å². The number of Topliss-reactive ketones (excluding diaryl/α,β-unsaturated/α-hetero) is 1. The van der Waals surface area contributed by atoms with Gasteiger partial charge in [0.05, 0.1) is 16.4 Å². The topological polar surface area (TPSA) is 30.0 Å². The Morgan fingerprint density at radius 2 is 2.60 bits per heavy atom. The highest BCUT2D eigenvalue weighted by molar-refractivity contribution is 9.11. The zero-order valence-corrected chi connectivity index (χ0v) is 7.83. The molecule has 0 aliphatic carbocycles. The molecule has 0 saturated heterocycles. The summed E-state index contributed by atoms with van der Waals surface area (Å²) in [5, 5.41) is 0.874. The quantitative estimate of drug-likeness (QED) is 0.763. The van der Waals surface area contributed by atoms with Gasteiger partial charge in [0, 0.05) is 0 Å². The van der Waals surface area contributed by atoms with Crippen LogP contribution in [0.2, 0.25) is 0 Å². The Balaban J connectivity index is 2.67. The van der Waals surface area contributed by atoms with Gasteiger partial charge in [0.25, 0.3) is 0 Å². The maximum atomic E-state index is 10.6. The van der Waals surface area contributed by atoms with Gasteiger partial charge < -0.3 is 0 Å². The fourth-order valence-electron chi connectivity index (χ4n) is 0.583. The van der Waals surface area contributed by atoms with Gasteiger partial charge in [0.2, 0.25) is 0 Å². The number of rotatable bonds is 2. The van der Waals surface area contributed by atoms with E-state index in [4.69, 9.17) is 0 Å². The highest BCUT2D eigenvalue weighted by Crippen LogP contribution is 2.19. The van der Waals surface area contributed by atoms with Crippen molar-refractivity contribution in [3.8, 4) is 0 Å². The molecule has 0 aromatic carbocycles. The van der Waals surface area contributed by atoms with Crippen molar-refractivity contribution < 1.29 is 4.79 Å². The lowest BCUT2D eigenvalue weighted by molar-refractivity contribution is -0.116. The van der Waals surface area contributed by atoms with E-state index < -0.39 is 0 Å². The van der Waals surface area contributed by atoms with Gasteiger partial charge in [-0.3, -0.25) is 4.79 Å². The first-order chi connectivity index (χ1) is 4.68. The van der Waals surface area contributed by atoms with Crippen LogP contribution in [0.1, 0.15) is 11.9 Å². The monoisotopic (exact) mass is 219 g/mol. The van der Waals surface area contributed by atoms with Crippen molar-refractivity contribution in [2.75, 3.05) is 0 Å². The summed E-state index contributed by atoms with van der Waals surface area (Å²) >= 11 is 4.77. The van der Waals surface area contributed by atoms with Gasteiger partial charge in [-0.25, -0.2) is 4.98 Å². The van der Waals surface area contributed by atoms with Crippen LogP contribution in [0.3, 0.4) is 0 Å². The molecule has 0 radical (unpaired) electrons. The van der Waals surface area contributed by atoms with E-state index in [1.165, 1.54) is 11.3 Å². The Morgan fingerprint density at radius 1 is 1.90 bits per heavy atom. The van der Waals surface area contributed by atoms with Gasteiger partial charge in [0.15, 0.2) is 0 Å². The number of carbonyl (C=O) groups is 1. The van der Waals surface area contributed by atoms with Gasteiger partial charge in [-0.05, 0) is 22.9 Å². The molecule has 0 fully saturated rings. The van der Waals surface area contributed by atoms with E-state index in [9.17, 15) is 4.79 Å². The second kappa shape index (κ2) is 3.25. The third kappa shape index (κ3) is 2.19. The molecule has 0 amide bonds. The lowest BCUT2D eigenvalue weighted by Gasteiger charge is -1.85. The normalized spacial score (nSPS) is 9.80. The summed E-state index contributed by atoms with van der Waals surface area (Å²) in [6.45, 7) is 1.56. The fourth-order valence-corrected chi connectivity index (χ4v) is 1.96. The predicted octanol–water partition coefficient (Wildman–Crippen LogP) is 2.04. The van der Waals surface area contributed by atoms with Crippen LogP contribution in [0.25, 0.3) is 0 Å². The first-order valence-electron chi connectivity index (χ1n) is 2.78. The molecular formula is C6H6BrNOS. The van der Waals surface area contributed by atoms with Crippen molar-refractivity contribution in [1.29, 1.82) is 0 Å². The zero-order valence-electron chi connectivity index (χ0n) is 5.43. The minimum absolute atomic E-state index is 0.154. The van der Waals surface area contributed by atoms with E-state index in [1.54, 1.807) is 13.1 Å². The van der Waals surface area contributed by atoms with Gasteiger partial charge in [-0.15, -0.1) is 11.3 Å². The lowest BCUT2D eigenvalue weighted by atomic mass is 10.3. The van der Waals surface area contributed by atoms with Gasteiger partial charge in [-0.2, -0.15) is 0 Å². The molecule has 10 heavy (non-hydrogen) atoms. The van der Waals surface area contributed by atoms with Gasteiger partial charge in [-0.1, -0.05) is 0 Å². The van der Waals surface area contributed by atoms with Gasteiger partial charge in [0.1, 0.15) is 10.8 Å². The van der Waals surface area contributed by atoms with Crippen LogP contribution < -0.4 is 0 Å². The third-order valence-corrected chi connectivity index (χ3v) is 2.40. The summed E-state index contributed by atoms with van der Waals surface area (Å²) in [5.74, 6) is 0.154. The number of aromatic nitrogens is 1. The molecule has 0 unspecified atom stereocenters. The standard InChI is InChI=1S/C6H6BrNOS/c1-4(9)2-6-8-3-5(7)10-6/h3H,2H2,1H3. The molecule has 0 saturated carbocycles. The molecule has 1 rings (SSSR count). The highest BCUT2D eigenvalue weighted by Gasteiger charge is 2.01. The zero-order chi connectivity index (χ0) is 7.56. The molecule has 0 aliphatic rings. The van der Waals surface area contributed by atoms with Crippen LogP contribution in [0, 0.1) is 0 Å². The van der Waals surface area contributed by atoms with Crippen LogP contribution in [0.4, 0.5) is 0 Å². The van der Waals surface area contributed by atoms with Crippen molar-refractivity contribution in [1.82, 2.24) is 4.98 Å². The molecule has 0 N–H and O–H groups in total. The SMILES string of the molecule is CC(=O)Cc1ncc(Br)s1. The lowest BCUT2D eigenvalue weighted by Crippen LogP contribution is -1.94. The van der Waals surface area contributed by atoms with Crippen LogP contribution >= 0.6 is 27.3 Å². The average molecular weight is 220 g/mol. The Morgan fingerprint density at radius 3 is 3.00 bits per heavy atom. The number of carbonyl (C=O) groups excluding carboxylic acids is 1. The van der Waals surface area contributed by atoms with Crippen LogP contribution in [-0.4, -0.2) is 10.8 Å². The maximum Gasteiger partial charge on any atom is 0.136 e. The van der Waals surface area contributed by atoms with Crippen molar-refractivity contribution in [3.05, 3.63) is 15.0 Å². The second-order valence-electron chi connectivity index (χ2n) is 1.94. The predicted molar refractivity (Wildman–Crippen MR) is 44.2 cm³/mol. The van der Waals surface area contributed by atoms with Crippen LogP contribution in [-0.2, 0) is 11.2 Å². The molecule has 54 valence electrons. The number of halogens is 1. The minimum atomic E-state index is 0.154. The van der Waals surface area contributed by atoms with E-state index in [2.05, 4.69) is 20.9 Å². The number of nitrogens with zero attached hydrogens (tertiary/aromatic N) is 1. The Kier molecular flexibility index (Phi) is 2.56. The Bertz CT molecular complexity index is 246. The molecule has 0 bridgehead atoms. The highest BCUT2D eigenvalue weighted by atomic mass is 79.9. The first kappa shape index (κ1) is 7.88. The number of ketones is 1. The average Bonchev–Trinajstić information content (AvgIpc) is 2.13. The summed E-state index contributed by atoms with van der Waals surface area (Å²) < 4.78 is 0.976. The molecular weight excluding hydrogens is 214 g/mol. The molecule has 0 spiro atoms. The smallest absolute Gasteiger partial charge is 0.136 e. The van der Waals surface area contributed by atoms with Crippen LogP contribution in [0.15, 0.2) is 9.98 Å². The molecule has 2 nitrogen and oxygen atoms in total. The van der Waals surface area contributed by atoms with E-state index in [0.717, 1.165) is 8.79 Å². The van der Waals surface area contributed by atoms with E-state index in [0.29, 0.717) is 6.42 Å². The van der Waals surface area contributed by atoms with E-state index in [1.807, 2.05) is 0 Å². The molecule has 1 aromatic rings. The molecule has 0 aliphatic heterocycles. The van der Waals surface area contributed by atoms with Crippen molar-refractivity contribution in [3.63, 3.8) is 0 Å². The largest absolute Gasteiger partial charge is 0.300 e. The summed E-state index contributed by atoms with van der Waals surface area (Å²) in [6.07, 6.45) is 2.17. The van der Waals surface area contributed by atoms with Gasteiger partial charge >= 0.3 is 0 Å². The molecule has 4 heteroatoms. The minimum Gasteiger partial charge on any atom is -0.300 e. The molecule has 0 atom stereocenters. The van der Waals surface area contributed by atoms with Crippen molar-refractivity contribution in [2.24, 2.45) is 0 Å². The summed E-state index contributed by atoms with van der Waals surface area (Å²) in [7, 11) is 0. The summed E-state index contributed by atoms with van der Waals surface area (Å²) in [5.41, 5.74) is 0. The molecule has 1 aromatic heterocycles. The first-order valence-corrected chi connectivity index (χ1v) is 4.39. The van der Waals surface area contributed by atoms with Crippen molar-refractivity contribution in [2.45, 2.75) is 13.3 Å². The summed E-state index contributed by atoms with van der Waals surface area (Å²) in [6, 6.07) is 0. The second-order valence-corrected chi connectivity index (χ2v) is 4.43. The Hall–Kier alpha value is -0.220. The number of hydrogen-bond donors (Lipinski definition) is 0.